The average Bonchev–Trinajstić information content (AvgIpc) is 3.34. The van der Waals surface area contributed by atoms with Crippen molar-refractivity contribution in [2.45, 2.75) is 64.0 Å². The summed E-state index contributed by atoms with van der Waals surface area (Å²) < 4.78 is 2.40. The highest BCUT2D eigenvalue weighted by Crippen LogP contribution is 2.44. The molecule has 19 heavy (non-hydrogen) atoms. The topological polar surface area (TPSA) is 29.9 Å². The first-order valence-electron chi connectivity index (χ1n) is 8.18. The van der Waals surface area contributed by atoms with Gasteiger partial charge in [0.1, 0.15) is 0 Å². The molecular formula is C16H25N3. The fourth-order valence-electron chi connectivity index (χ4n) is 3.70. The largest absolute Gasteiger partial charge is 0.333 e. The third-order valence-corrected chi connectivity index (χ3v) is 5.10. The fraction of sp³-hybridized carbons (Fsp3) is 0.812. The molecule has 0 unspecified atom stereocenters. The van der Waals surface area contributed by atoms with Crippen molar-refractivity contribution in [2.75, 3.05) is 6.54 Å². The van der Waals surface area contributed by atoms with E-state index in [0.717, 1.165) is 31.0 Å². The van der Waals surface area contributed by atoms with E-state index in [0.29, 0.717) is 0 Å². The Kier molecular flexibility index (Phi) is 3.10. The highest BCUT2D eigenvalue weighted by atomic mass is 15.1. The van der Waals surface area contributed by atoms with Gasteiger partial charge in [-0.2, -0.15) is 0 Å². The second-order valence-corrected chi connectivity index (χ2v) is 6.69. The summed E-state index contributed by atoms with van der Waals surface area (Å²) in [6.45, 7) is 2.23. The van der Waals surface area contributed by atoms with E-state index in [1.807, 2.05) is 0 Å². The van der Waals surface area contributed by atoms with Crippen LogP contribution in [0.5, 0.6) is 0 Å². The molecule has 0 atom stereocenters. The van der Waals surface area contributed by atoms with Gasteiger partial charge in [0.15, 0.2) is 0 Å². The summed E-state index contributed by atoms with van der Waals surface area (Å²) in [4.78, 5) is 4.58. The molecule has 2 fully saturated rings. The van der Waals surface area contributed by atoms with Crippen LogP contribution in [0.4, 0.5) is 0 Å². The molecule has 4 rings (SSSR count). The van der Waals surface area contributed by atoms with Crippen LogP contribution in [0, 0.1) is 11.8 Å². The summed E-state index contributed by atoms with van der Waals surface area (Å²) in [6.07, 6.45) is 13.0. The molecule has 0 amide bonds. The Hall–Kier alpha value is -0.830. The predicted molar refractivity (Wildman–Crippen MR) is 76.1 cm³/mol. The molecule has 3 heteroatoms. The number of aryl methyl sites for hydroxylation is 1. The number of fused-ring (bicyclic) bond motifs is 1. The normalized spacial score (nSPS) is 22.8. The van der Waals surface area contributed by atoms with E-state index in [1.165, 1.54) is 62.8 Å². The van der Waals surface area contributed by atoms with Crippen molar-refractivity contribution in [3.8, 4) is 0 Å². The Morgan fingerprint density at radius 1 is 1.16 bits per heavy atom. The quantitative estimate of drug-likeness (QED) is 0.851. The maximum absolute atomic E-state index is 4.58. The Labute approximate surface area is 115 Å². The minimum atomic E-state index is 0.833. The molecular weight excluding hydrogens is 234 g/mol. The molecule has 1 aromatic heterocycles. The zero-order valence-corrected chi connectivity index (χ0v) is 11.8. The van der Waals surface area contributed by atoms with E-state index in [-0.39, 0.29) is 0 Å². The standard InChI is InChI=1S/C16H25N3/c1-2-4-15-14(3-1)18-11-19(15)10-9-17-16(12-5-6-12)13-7-8-13/h11-13,16-17H,1-10H2. The summed E-state index contributed by atoms with van der Waals surface area (Å²) in [5, 5.41) is 3.84. The highest BCUT2D eigenvalue weighted by Gasteiger charge is 2.40. The maximum atomic E-state index is 4.58. The minimum absolute atomic E-state index is 0.833. The van der Waals surface area contributed by atoms with Crippen LogP contribution in [0.25, 0.3) is 0 Å². The SMILES string of the molecule is c1nc2c(n1CCNC(C1CC1)C1CC1)CCCC2. The van der Waals surface area contributed by atoms with E-state index in [9.17, 15) is 0 Å². The number of nitrogens with zero attached hydrogens (tertiary/aromatic N) is 2. The van der Waals surface area contributed by atoms with E-state index < -0.39 is 0 Å². The van der Waals surface area contributed by atoms with Gasteiger partial charge in [0.25, 0.3) is 0 Å². The summed E-state index contributed by atoms with van der Waals surface area (Å²) in [6, 6.07) is 0.833. The van der Waals surface area contributed by atoms with Crippen LogP contribution in [-0.4, -0.2) is 22.1 Å². The number of hydrogen-bond donors (Lipinski definition) is 1. The van der Waals surface area contributed by atoms with Crippen molar-refractivity contribution in [1.82, 2.24) is 14.9 Å². The van der Waals surface area contributed by atoms with Crippen LogP contribution < -0.4 is 5.32 Å². The lowest BCUT2D eigenvalue weighted by molar-refractivity contribution is 0.404. The van der Waals surface area contributed by atoms with E-state index >= 15 is 0 Å². The number of hydrogen-bond acceptors (Lipinski definition) is 2. The van der Waals surface area contributed by atoms with Gasteiger partial charge in [-0.25, -0.2) is 4.98 Å². The van der Waals surface area contributed by atoms with Gasteiger partial charge in [-0.15, -0.1) is 0 Å². The van der Waals surface area contributed by atoms with Gasteiger partial charge in [0, 0.05) is 24.8 Å². The third-order valence-electron chi connectivity index (χ3n) is 5.10. The summed E-state index contributed by atoms with van der Waals surface area (Å²) in [5.41, 5.74) is 2.88. The second kappa shape index (κ2) is 4.93. The lowest BCUT2D eigenvalue weighted by atomic mass is 10.0. The van der Waals surface area contributed by atoms with Crippen LogP contribution >= 0.6 is 0 Å². The van der Waals surface area contributed by atoms with Gasteiger partial charge in [0.2, 0.25) is 0 Å². The molecule has 3 aliphatic rings. The average molecular weight is 259 g/mol. The zero-order chi connectivity index (χ0) is 12.7. The Balaban J connectivity index is 1.33. The number of aromatic nitrogens is 2. The van der Waals surface area contributed by atoms with Gasteiger partial charge in [-0.3, -0.25) is 0 Å². The third kappa shape index (κ3) is 2.58. The van der Waals surface area contributed by atoms with Crippen LogP contribution in [0.15, 0.2) is 6.33 Å². The zero-order valence-electron chi connectivity index (χ0n) is 11.8. The monoisotopic (exact) mass is 259 g/mol. The molecule has 3 nitrogen and oxygen atoms in total. The molecule has 2 saturated carbocycles. The molecule has 0 saturated heterocycles. The van der Waals surface area contributed by atoms with E-state index in [1.54, 1.807) is 0 Å². The predicted octanol–water partition coefficient (Wildman–Crippen LogP) is 2.54. The van der Waals surface area contributed by atoms with Crippen LogP contribution in [0.2, 0.25) is 0 Å². The van der Waals surface area contributed by atoms with Gasteiger partial charge >= 0.3 is 0 Å². The molecule has 0 radical (unpaired) electrons. The molecule has 3 aliphatic carbocycles. The van der Waals surface area contributed by atoms with Crippen LogP contribution in [0.3, 0.4) is 0 Å². The molecule has 1 aromatic rings. The maximum Gasteiger partial charge on any atom is 0.0952 e. The second-order valence-electron chi connectivity index (χ2n) is 6.69. The number of rotatable bonds is 6. The lowest BCUT2D eigenvalue weighted by Crippen LogP contribution is -2.35. The first-order chi connectivity index (χ1) is 9.42. The first-order valence-corrected chi connectivity index (χ1v) is 8.18. The van der Waals surface area contributed by atoms with Gasteiger partial charge in [-0.1, -0.05) is 0 Å². The van der Waals surface area contributed by atoms with Crippen molar-refractivity contribution >= 4 is 0 Å². The highest BCUT2D eigenvalue weighted by molar-refractivity contribution is 5.16. The molecule has 0 aliphatic heterocycles. The van der Waals surface area contributed by atoms with Crippen molar-refractivity contribution in [2.24, 2.45) is 11.8 Å². The van der Waals surface area contributed by atoms with E-state index in [2.05, 4.69) is 21.2 Å². The molecule has 0 aromatic carbocycles. The Bertz CT molecular complexity index is 431. The van der Waals surface area contributed by atoms with Crippen molar-refractivity contribution < 1.29 is 0 Å². The van der Waals surface area contributed by atoms with Crippen molar-refractivity contribution in [3.63, 3.8) is 0 Å². The van der Waals surface area contributed by atoms with Crippen LogP contribution in [0.1, 0.15) is 49.9 Å². The van der Waals surface area contributed by atoms with Gasteiger partial charge in [-0.05, 0) is 63.2 Å². The lowest BCUT2D eigenvalue weighted by Gasteiger charge is -2.19. The fourth-order valence-corrected chi connectivity index (χ4v) is 3.70. The Morgan fingerprint density at radius 3 is 2.63 bits per heavy atom. The molecule has 0 spiro atoms. The van der Waals surface area contributed by atoms with Gasteiger partial charge < -0.3 is 9.88 Å². The summed E-state index contributed by atoms with van der Waals surface area (Å²) >= 11 is 0. The number of imidazole rings is 1. The van der Waals surface area contributed by atoms with Crippen LogP contribution in [-0.2, 0) is 19.4 Å². The smallest absolute Gasteiger partial charge is 0.0952 e. The van der Waals surface area contributed by atoms with E-state index in [4.69, 9.17) is 0 Å². The molecule has 104 valence electrons. The minimum Gasteiger partial charge on any atom is -0.333 e. The molecule has 1 N–H and O–H groups in total. The van der Waals surface area contributed by atoms with Gasteiger partial charge in [0.05, 0.1) is 12.0 Å². The summed E-state index contributed by atoms with van der Waals surface area (Å²) in [5.74, 6) is 2.01. The number of nitrogens with one attached hydrogen (secondary N) is 1. The Morgan fingerprint density at radius 2 is 1.89 bits per heavy atom. The summed E-state index contributed by atoms with van der Waals surface area (Å²) in [7, 11) is 0. The first kappa shape index (κ1) is 12.0. The molecule has 1 heterocycles. The van der Waals surface area contributed by atoms with Crippen molar-refractivity contribution in [3.05, 3.63) is 17.7 Å². The molecule has 0 bridgehead atoms. The van der Waals surface area contributed by atoms with Crippen molar-refractivity contribution in [1.29, 1.82) is 0 Å².